The van der Waals surface area contributed by atoms with E-state index in [9.17, 15) is 15.2 Å². The zero-order valence-electron chi connectivity index (χ0n) is 15.3. The van der Waals surface area contributed by atoms with E-state index in [4.69, 9.17) is 15.2 Å². The highest BCUT2D eigenvalue weighted by molar-refractivity contribution is 5.92. The van der Waals surface area contributed by atoms with Crippen molar-refractivity contribution in [3.05, 3.63) is 59.7 Å². The van der Waals surface area contributed by atoms with Gasteiger partial charge in [-0.05, 0) is 42.0 Å². The van der Waals surface area contributed by atoms with E-state index in [-0.39, 0.29) is 22.9 Å². The van der Waals surface area contributed by atoms with Crippen LogP contribution in [-0.2, 0) is 4.74 Å². The molecule has 0 atom stereocenters. The average molecular weight is 375 g/mol. The summed E-state index contributed by atoms with van der Waals surface area (Å²) in [5, 5.41) is 19.4. The minimum atomic E-state index is -0.481. The summed E-state index contributed by atoms with van der Waals surface area (Å²) in [6.45, 7) is 0. The molecule has 0 spiro atoms. The molecule has 7 nitrogen and oxygen atoms in total. The second-order valence-corrected chi connectivity index (χ2v) is 5.89. The molecule has 0 amide bonds. The van der Waals surface area contributed by atoms with E-state index in [0.29, 0.717) is 27.9 Å². The minimum absolute atomic E-state index is 0.00105. The molecule has 0 radical (unpaired) electrons. The van der Waals surface area contributed by atoms with Crippen LogP contribution in [0.15, 0.2) is 48.5 Å². The van der Waals surface area contributed by atoms with Gasteiger partial charge in [0.1, 0.15) is 17.5 Å². The van der Waals surface area contributed by atoms with Crippen LogP contribution in [0.2, 0.25) is 0 Å². The van der Waals surface area contributed by atoms with Gasteiger partial charge in [0.05, 0.1) is 25.5 Å². The van der Waals surface area contributed by atoms with Crippen molar-refractivity contribution in [1.29, 1.82) is 5.26 Å². The lowest BCUT2D eigenvalue weighted by Gasteiger charge is -2.12. The molecule has 140 valence electrons. The molecule has 3 aromatic rings. The second-order valence-electron chi connectivity index (χ2n) is 5.89. The zero-order chi connectivity index (χ0) is 20.3. The van der Waals surface area contributed by atoms with Gasteiger partial charge in [-0.3, -0.25) is 0 Å². The summed E-state index contributed by atoms with van der Waals surface area (Å²) in [4.78, 5) is 16.2. The van der Waals surface area contributed by atoms with Gasteiger partial charge in [0.2, 0.25) is 0 Å². The first-order chi connectivity index (χ1) is 13.5. The highest BCUT2D eigenvalue weighted by atomic mass is 16.5. The Morgan fingerprint density at radius 3 is 2.61 bits per heavy atom. The van der Waals surface area contributed by atoms with Crippen LogP contribution in [0, 0.1) is 11.3 Å². The lowest BCUT2D eigenvalue weighted by Crippen LogP contribution is -2.02. The number of aromatic hydroxyl groups is 1. The number of benzene rings is 2. The van der Waals surface area contributed by atoms with Gasteiger partial charge in [0, 0.05) is 11.1 Å². The number of methoxy groups -OCH3 is 2. The molecular weight excluding hydrogens is 358 g/mol. The van der Waals surface area contributed by atoms with Crippen LogP contribution in [0.1, 0.15) is 15.9 Å². The van der Waals surface area contributed by atoms with Crippen molar-refractivity contribution < 1.29 is 19.4 Å². The van der Waals surface area contributed by atoms with E-state index in [0.717, 1.165) is 0 Å². The molecule has 0 fully saturated rings. The number of carbonyl (C=O) groups excluding carboxylic acids is 1. The molecule has 0 saturated heterocycles. The number of nitrogen functional groups attached to an aromatic ring is 1. The molecule has 0 aliphatic rings. The molecule has 28 heavy (non-hydrogen) atoms. The van der Waals surface area contributed by atoms with Crippen molar-refractivity contribution in [3.63, 3.8) is 0 Å². The van der Waals surface area contributed by atoms with Crippen LogP contribution in [0.25, 0.3) is 22.4 Å². The molecule has 3 rings (SSSR count). The van der Waals surface area contributed by atoms with Crippen molar-refractivity contribution in [2.24, 2.45) is 0 Å². The number of rotatable bonds is 4. The Labute approximate surface area is 161 Å². The van der Waals surface area contributed by atoms with E-state index < -0.39 is 5.97 Å². The van der Waals surface area contributed by atoms with Crippen molar-refractivity contribution in [1.82, 2.24) is 4.98 Å². The van der Waals surface area contributed by atoms with Crippen LogP contribution in [0.5, 0.6) is 11.5 Å². The topological polar surface area (TPSA) is 118 Å². The van der Waals surface area contributed by atoms with Crippen LogP contribution in [0.4, 0.5) is 5.82 Å². The van der Waals surface area contributed by atoms with Crippen molar-refractivity contribution in [2.75, 3.05) is 20.0 Å². The smallest absolute Gasteiger partial charge is 0.337 e. The van der Waals surface area contributed by atoms with Gasteiger partial charge in [-0.2, -0.15) is 5.26 Å². The van der Waals surface area contributed by atoms with E-state index in [1.807, 2.05) is 0 Å². The van der Waals surface area contributed by atoms with Crippen LogP contribution in [0.3, 0.4) is 0 Å². The van der Waals surface area contributed by atoms with Gasteiger partial charge in [0.15, 0.2) is 11.5 Å². The predicted octanol–water partition coefficient (Wildman–Crippen LogP) is 3.37. The number of pyridine rings is 1. The molecule has 7 heteroatoms. The number of hydrogen-bond acceptors (Lipinski definition) is 7. The Morgan fingerprint density at radius 2 is 1.93 bits per heavy atom. The van der Waals surface area contributed by atoms with E-state index in [1.54, 1.807) is 42.5 Å². The Bertz CT molecular complexity index is 1100. The first kappa shape index (κ1) is 18.7. The maximum absolute atomic E-state index is 11.8. The number of nitrogens with zero attached hydrogens (tertiary/aromatic N) is 2. The molecular formula is C21H17N3O4. The Kier molecular flexibility index (Phi) is 5.14. The third-order valence-electron chi connectivity index (χ3n) is 4.23. The fourth-order valence-electron chi connectivity index (χ4n) is 2.83. The first-order valence-electron chi connectivity index (χ1n) is 8.25. The molecule has 2 aromatic carbocycles. The third-order valence-corrected chi connectivity index (χ3v) is 4.23. The van der Waals surface area contributed by atoms with Gasteiger partial charge in [-0.25, -0.2) is 9.78 Å². The molecule has 1 heterocycles. The number of anilines is 1. The molecule has 0 unspecified atom stereocenters. The maximum atomic E-state index is 11.8. The normalized spacial score (nSPS) is 10.2. The number of hydrogen-bond donors (Lipinski definition) is 2. The summed E-state index contributed by atoms with van der Waals surface area (Å²) < 4.78 is 9.90. The zero-order valence-corrected chi connectivity index (χ0v) is 15.3. The molecule has 1 aromatic heterocycles. The number of carbonyl (C=O) groups is 1. The SMILES string of the molecule is COC(=O)c1cccc(-c2cc(-c3ccc(O)c(OC)c3)nc(N)c2C#N)c1. The summed E-state index contributed by atoms with van der Waals surface area (Å²) in [6, 6.07) is 15.3. The predicted molar refractivity (Wildman–Crippen MR) is 104 cm³/mol. The highest BCUT2D eigenvalue weighted by Crippen LogP contribution is 2.35. The molecule has 0 aliphatic heterocycles. The largest absolute Gasteiger partial charge is 0.504 e. The lowest BCUT2D eigenvalue weighted by atomic mass is 9.97. The standard InChI is InChI=1S/C21H17N3O4/c1-27-19-9-13(6-7-18(19)25)17-10-15(16(11-22)20(23)24-17)12-4-3-5-14(8-12)21(26)28-2/h3-10,25H,1-2H3,(H2,23,24). The third kappa shape index (κ3) is 3.44. The van der Waals surface area contributed by atoms with Crippen LogP contribution < -0.4 is 10.5 Å². The number of esters is 1. The Hall–Kier alpha value is -4.05. The van der Waals surface area contributed by atoms with E-state index in [1.165, 1.54) is 20.3 Å². The first-order valence-corrected chi connectivity index (χ1v) is 8.25. The van der Waals surface area contributed by atoms with Gasteiger partial charge in [0.25, 0.3) is 0 Å². The number of phenols is 1. The van der Waals surface area contributed by atoms with Gasteiger partial charge < -0.3 is 20.3 Å². The molecule has 0 bridgehead atoms. The number of ether oxygens (including phenoxy) is 2. The number of nitriles is 1. The van der Waals surface area contributed by atoms with Crippen LogP contribution in [-0.4, -0.2) is 30.3 Å². The van der Waals surface area contributed by atoms with Crippen molar-refractivity contribution >= 4 is 11.8 Å². The molecule has 0 aliphatic carbocycles. The van der Waals surface area contributed by atoms with E-state index in [2.05, 4.69) is 11.1 Å². The Morgan fingerprint density at radius 1 is 1.14 bits per heavy atom. The van der Waals surface area contributed by atoms with E-state index >= 15 is 0 Å². The maximum Gasteiger partial charge on any atom is 0.337 e. The van der Waals surface area contributed by atoms with Crippen LogP contribution >= 0.6 is 0 Å². The number of phenolic OH excluding ortho intramolecular Hbond substituents is 1. The summed E-state index contributed by atoms with van der Waals surface area (Å²) in [7, 11) is 2.75. The monoisotopic (exact) mass is 375 g/mol. The van der Waals surface area contributed by atoms with Gasteiger partial charge >= 0.3 is 5.97 Å². The average Bonchev–Trinajstić information content (AvgIpc) is 2.73. The summed E-state index contributed by atoms with van der Waals surface area (Å²) in [5.74, 6) is -0.133. The van der Waals surface area contributed by atoms with Gasteiger partial charge in [-0.1, -0.05) is 12.1 Å². The second kappa shape index (κ2) is 7.68. The van der Waals surface area contributed by atoms with Gasteiger partial charge in [-0.15, -0.1) is 0 Å². The highest BCUT2D eigenvalue weighted by Gasteiger charge is 2.16. The summed E-state index contributed by atoms with van der Waals surface area (Å²) in [6.07, 6.45) is 0. The summed E-state index contributed by atoms with van der Waals surface area (Å²) >= 11 is 0. The molecule has 0 saturated carbocycles. The number of aromatic nitrogens is 1. The number of nitrogens with two attached hydrogens (primary N) is 1. The fourth-order valence-corrected chi connectivity index (χ4v) is 2.83. The lowest BCUT2D eigenvalue weighted by molar-refractivity contribution is 0.0601. The Balaban J connectivity index is 2.20. The summed E-state index contributed by atoms with van der Waals surface area (Å²) in [5.41, 5.74) is 8.88. The van der Waals surface area contributed by atoms with Crippen molar-refractivity contribution in [3.8, 4) is 40.0 Å². The quantitative estimate of drug-likeness (QED) is 0.671. The van der Waals surface area contributed by atoms with Crippen molar-refractivity contribution in [2.45, 2.75) is 0 Å². The molecule has 3 N–H and O–H groups in total. The minimum Gasteiger partial charge on any atom is -0.504 e. The fraction of sp³-hybridized carbons (Fsp3) is 0.0952.